The third-order valence-electron chi connectivity index (χ3n) is 3.93. The molecule has 1 saturated carbocycles. The summed E-state index contributed by atoms with van der Waals surface area (Å²) in [5, 5.41) is 13.4. The molecular formula is C16H22N2S. The van der Waals surface area contributed by atoms with Crippen molar-refractivity contribution in [2.75, 3.05) is 6.54 Å². The summed E-state index contributed by atoms with van der Waals surface area (Å²) < 4.78 is 0. The predicted octanol–water partition coefficient (Wildman–Crippen LogP) is 3.65. The Morgan fingerprint density at radius 3 is 2.95 bits per heavy atom. The first-order valence-electron chi connectivity index (χ1n) is 7.01. The van der Waals surface area contributed by atoms with Gasteiger partial charge in [0.1, 0.15) is 5.54 Å². The number of aryl methyl sites for hydroxylation is 1. The molecule has 1 aromatic carbocycles. The first-order valence-corrected chi connectivity index (χ1v) is 8.06. The van der Waals surface area contributed by atoms with E-state index in [1.54, 1.807) is 0 Å². The molecule has 102 valence electrons. The van der Waals surface area contributed by atoms with Crippen LogP contribution in [0.25, 0.3) is 0 Å². The second kappa shape index (κ2) is 6.45. The molecule has 0 amide bonds. The minimum Gasteiger partial charge on any atom is -0.300 e. The van der Waals surface area contributed by atoms with Crippen LogP contribution in [0.2, 0.25) is 0 Å². The number of rotatable bonds is 5. The van der Waals surface area contributed by atoms with Crippen molar-refractivity contribution in [3.05, 3.63) is 35.4 Å². The van der Waals surface area contributed by atoms with Crippen molar-refractivity contribution in [3.8, 4) is 6.07 Å². The molecule has 0 saturated heterocycles. The van der Waals surface area contributed by atoms with Crippen molar-refractivity contribution < 1.29 is 0 Å². The van der Waals surface area contributed by atoms with Gasteiger partial charge in [-0.05, 0) is 43.9 Å². The molecule has 1 aromatic rings. The van der Waals surface area contributed by atoms with Gasteiger partial charge in [-0.3, -0.25) is 5.32 Å². The largest absolute Gasteiger partial charge is 0.300 e. The summed E-state index contributed by atoms with van der Waals surface area (Å²) in [5.74, 6) is 1.06. The molecule has 0 aromatic heterocycles. The Morgan fingerprint density at radius 2 is 2.26 bits per heavy atom. The molecule has 0 bridgehead atoms. The summed E-state index contributed by atoms with van der Waals surface area (Å²) in [4.78, 5) is 0. The van der Waals surface area contributed by atoms with Gasteiger partial charge in [0, 0.05) is 11.0 Å². The first kappa shape index (κ1) is 14.4. The number of nitrogens with zero attached hydrogens (tertiary/aromatic N) is 1. The SMILES string of the molecule is CCNC1(C#N)CCC(SCc2ccccc2C)C1. The lowest BCUT2D eigenvalue weighted by molar-refractivity contribution is 0.436. The Hall–Kier alpha value is -0.980. The zero-order chi connectivity index (χ0) is 13.7. The normalized spacial score (nSPS) is 26.3. The summed E-state index contributed by atoms with van der Waals surface area (Å²) in [5.41, 5.74) is 2.52. The maximum absolute atomic E-state index is 9.37. The van der Waals surface area contributed by atoms with Gasteiger partial charge in [0.15, 0.2) is 0 Å². The second-order valence-corrected chi connectivity index (χ2v) is 6.62. The van der Waals surface area contributed by atoms with E-state index < -0.39 is 0 Å². The molecule has 0 spiro atoms. The molecule has 1 N–H and O–H groups in total. The van der Waals surface area contributed by atoms with Crippen LogP contribution in [0.3, 0.4) is 0 Å². The van der Waals surface area contributed by atoms with Crippen LogP contribution in [0.5, 0.6) is 0 Å². The number of nitriles is 1. The molecule has 1 aliphatic rings. The number of thioether (sulfide) groups is 1. The number of nitrogens with one attached hydrogen (secondary N) is 1. The third-order valence-corrected chi connectivity index (χ3v) is 5.29. The smallest absolute Gasteiger partial charge is 0.107 e. The van der Waals surface area contributed by atoms with Gasteiger partial charge in [-0.25, -0.2) is 0 Å². The molecule has 0 aliphatic heterocycles. The third kappa shape index (κ3) is 3.52. The number of benzene rings is 1. The zero-order valence-corrected chi connectivity index (χ0v) is 12.6. The zero-order valence-electron chi connectivity index (χ0n) is 11.8. The molecule has 3 heteroatoms. The van der Waals surface area contributed by atoms with Gasteiger partial charge < -0.3 is 0 Å². The van der Waals surface area contributed by atoms with E-state index in [1.165, 1.54) is 11.1 Å². The second-order valence-electron chi connectivity index (χ2n) is 5.33. The quantitative estimate of drug-likeness (QED) is 0.890. The van der Waals surface area contributed by atoms with E-state index >= 15 is 0 Å². The summed E-state index contributed by atoms with van der Waals surface area (Å²) in [6.45, 7) is 5.12. The van der Waals surface area contributed by atoms with Gasteiger partial charge in [0.2, 0.25) is 0 Å². The molecule has 2 atom stereocenters. The van der Waals surface area contributed by atoms with E-state index in [-0.39, 0.29) is 5.54 Å². The average Bonchev–Trinajstić information content (AvgIpc) is 2.82. The fourth-order valence-electron chi connectivity index (χ4n) is 2.76. The maximum atomic E-state index is 9.37. The molecular weight excluding hydrogens is 252 g/mol. The van der Waals surface area contributed by atoms with Gasteiger partial charge in [0.05, 0.1) is 6.07 Å². The lowest BCUT2D eigenvalue weighted by atomic mass is 10.0. The van der Waals surface area contributed by atoms with Crippen LogP contribution in [-0.2, 0) is 5.75 Å². The molecule has 1 fully saturated rings. The van der Waals surface area contributed by atoms with Gasteiger partial charge in [-0.2, -0.15) is 17.0 Å². The Kier molecular flexibility index (Phi) is 4.90. The van der Waals surface area contributed by atoms with Crippen LogP contribution in [0.4, 0.5) is 0 Å². The molecule has 2 rings (SSSR count). The lowest BCUT2D eigenvalue weighted by Crippen LogP contribution is -2.41. The van der Waals surface area contributed by atoms with E-state index in [9.17, 15) is 5.26 Å². The van der Waals surface area contributed by atoms with Crippen LogP contribution in [-0.4, -0.2) is 17.3 Å². The number of hydrogen-bond donors (Lipinski definition) is 1. The van der Waals surface area contributed by atoms with Crippen LogP contribution < -0.4 is 5.32 Å². The standard InChI is InChI=1S/C16H22N2S/c1-3-18-16(12-17)9-8-15(10-16)19-11-14-7-5-4-6-13(14)2/h4-7,15,18H,3,8-11H2,1-2H3. The van der Waals surface area contributed by atoms with Crippen molar-refractivity contribution >= 4 is 11.8 Å². The molecule has 0 radical (unpaired) electrons. The van der Waals surface area contributed by atoms with E-state index in [1.807, 2.05) is 11.8 Å². The van der Waals surface area contributed by atoms with Crippen molar-refractivity contribution in [3.63, 3.8) is 0 Å². The van der Waals surface area contributed by atoms with E-state index in [4.69, 9.17) is 0 Å². The predicted molar refractivity (Wildman–Crippen MR) is 82.1 cm³/mol. The molecule has 2 unspecified atom stereocenters. The van der Waals surface area contributed by atoms with Crippen molar-refractivity contribution in [2.24, 2.45) is 0 Å². The van der Waals surface area contributed by atoms with Gasteiger partial charge in [-0.1, -0.05) is 31.2 Å². The fraction of sp³-hybridized carbons (Fsp3) is 0.562. The Morgan fingerprint density at radius 1 is 1.47 bits per heavy atom. The van der Waals surface area contributed by atoms with Gasteiger partial charge >= 0.3 is 0 Å². The highest BCUT2D eigenvalue weighted by molar-refractivity contribution is 7.99. The van der Waals surface area contributed by atoms with Gasteiger partial charge in [0.25, 0.3) is 0 Å². The summed E-state index contributed by atoms with van der Waals surface area (Å²) >= 11 is 2.00. The van der Waals surface area contributed by atoms with Crippen LogP contribution in [0, 0.1) is 18.3 Å². The van der Waals surface area contributed by atoms with Crippen molar-refractivity contribution in [2.45, 2.75) is 49.7 Å². The highest BCUT2D eigenvalue weighted by atomic mass is 32.2. The van der Waals surface area contributed by atoms with Gasteiger partial charge in [-0.15, -0.1) is 0 Å². The summed E-state index contributed by atoms with van der Waals surface area (Å²) in [6.07, 6.45) is 3.12. The minimum absolute atomic E-state index is 0.266. The molecule has 1 aliphatic carbocycles. The molecule has 19 heavy (non-hydrogen) atoms. The van der Waals surface area contributed by atoms with E-state index in [0.717, 1.165) is 31.6 Å². The lowest BCUT2D eigenvalue weighted by Gasteiger charge is -2.21. The minimum atomic E-state index is -0.266. The van der Waals surface area contributed by atoms with Crippen LogP contribution in [0.15, 0.2) is 24.3 Å². The monoisotopic (exact) mass is 274 g/mol. The molecule has 2 nitrogen and oxygen atoms in total. The molecule has 0 heterocycles. The Labute approximate surface area is 120 Å². The topological polar surface area (TPSA) is 35.8 Å². The number of hydrogen-bond acceptors (Lipinski definition) is 3. The highest BCUT2D eigenvalue weighted by Crippen LogP contribution is 2.38. The first-order chi connectivity index (χ1) is 9.19. The fourth-order valence-corrected chi connectivity index (χ4v) is 4.19. The van der Waals surface area contributed by atoms with E-state index in [0.29, 0.717) is 5.25 Å². The van der Waals surface area contributed by atoms with E-state index in [2.05, 4.69) is 49.5 Å². The van der Waals surface area contributed by atoms with Crippen LogP contribution >= 0.6 is 11.8 Å². The Balaban J connectivity index is 1.89. The average molecular weight is 274 g/mol. The highest BCUT2D eigenvalue weighted by Gasteiger charge is 2.38. The maximum Gasteiger partial charge on any atom is 0.107 e. The van der Waals surface area contributed by atoms with Crippen molar-refractivity contribution in [1.82, 2.24) is 5.32 Å². The van der Waals surface area contributed by atoms with Crippen molar-refractivity contribution in [1.29, 1.82) is 5.26 Å². The summed E-state index contributed by atoms with van der Waals surface area (Å²) in [6, 6.07) is 11.1. The Bertz CT molecular complexity index is 466. The van der Waals surface area contributed by atoms with Crippen LogP contribution in [0.1, 0.15) is 37.3 Å². The summed E-state index contributed by atoms with van der Waals surface area (Å²) in [7, 11) is 0.